The second-order valence-electron chi connectivity index (χ2n) is 6.17. The van der Waals surface area contributed by atoms with Gasteiger partial charge in [0, 0.05) is 5.92 Å². The van der Waals surface area contributed by atoms with Crippen LogP contribution in [0.15, 0.2) is 12.2 Å². The van der Waals surface area contributed by atoms with Crippen LogP contribution in [0.4, 0.5) is 0 Å². The van der Waals surface area contributed by atoms with E-state index in [4.69, 9.17) is 0 Å². The number of carbonyl (C=O) groups excluding carboxylic acids is 1. The molecule has 1 saturated carbocycles. The molecule has 0 radical (unpaired) electrons. The molecule has 2 rings (SSSR count). The van der Waals surface area contributed by atoms with Crippen LogP contribution < -0.4 is 0 Å². The molecule has 0 aromatic rings. The molecule has 18 heavy (non-hydrogen) atoms. The summed E-state index contributed by atoms with van der Waals surface area (Å²) in [7, 11) is 0. The standard InChI is InChI=1S/C17H28O/c18-17-13-11-9-7-5-3-1-2-4-6-8-10-12-15-14-16(15)17/h11,13,15-16H,1-10,12,14H2/b13-11+/t15-,16+/m1/s1. The highest BCUT2D eigenvalue weighted by Crippen LogP contribution is 2.43. The lowest BCUT2D eigenvalue weighted by atomic mass is 10.0. The van der Waals surface area contributed by atoms with E-state index in [2.05, 4.69) is 6.08 Å². The van der Waals surface area contributed by atoms with E-state index in [-0.39, 0.29) is 0 Å². The molecule has 0 N–H and O–H groups in total. The van der Waals surface area contributed by atoms with Crippen LogP contribution in [0.3, 0.4) is 0 Å². The van der Waals surface area contributed by atoms with E-state index in [0.717, 1.165) is 12.3 Å². The molecular formula is C17H28O. The quantitative estimate of drug-likeness (QED) is 0.586. The minimum atomic E-state index is 0.397. The Kier molecular flexibility index (Phi) is 5.96. The normalized spacial score (nSPS) is 33.7. The number of carbonyl (C=O) groups is 1. The molecule has 0 aliphatic heterocycles. The summed E-state index contributed by atoms with van der Waals surface area (Å²) in [5, 5.41) is 0. The molecule has 1 heteroatoms. The highest BCUT2D eigenvalue weighted by Gasteiger charge is 2.40. The summed E-state index contributed by atoms with van der Waals surface area (Å²) in [6.07, 6.45) is 19.9. The number of ketones is 1. The molecule has 2 aliphatic carbocycles. The number of hydrogen-bond donors (Lipinski definition) is 0. The predicted octanol–water partition coefficient (Wildman–Crippen LogP) is 5.05. The van der Waals surface area contributed by atoms with E-state index in [0.29, 0.717) is 11.7 Å². The molecule has 0 amide bonds. The van der Waals surface area contributed by atoms with Crippen LogP contribution in [0.1, 0.15) is 77.0 Å². The summed E-state index contributed by atoms with van der Waals surface area (Å²) >= 11 is 0. The molecule has 0 spiro atoms. The first-order valence-electron chi connectivity index (χ1n) is 8.08. The smallest absolute Gasteiger partial charge is 0.158 e. The SMILES string of the molecule is O=C1/C=C/CCCCCCCCCCC[C@@H]2C[C@H]12. The third-order valence-electron chi connectivity index (χ3n) is 4.52. The van der Waals surface area contributed by atoms with Crippen molar-refractivity contribution in [1.29, 1.82) is 0 Å². The average Bonchev–Trinajstić information content (AvgIpc) is 3.13. The van der Waals surface area contributed by atoms with Gasteiger partial charge in [0.05, 0.1) is 0 Å². The van der Waals surface area contributed by atoms with Gasteiger partial charge in [0.15, 0.2) is 5.78 Å². The van der Waals surface area contributed by atoms with Crippen molar-refractivity contribution in [2.75, 3.05) is 0 Å². The molecule has 1 nitrogen and oxygen atoms in total. The molecule has 0 heterocycles. The van der Waals surface area contributed by atoms with Gasteiger partial charge in [-0.25, -0.2) is 0 Å². The maximum absolute atomic E-state index is 11.9. The van der Waals surface area contributed by atoms with E-state index in [1.54, 1.807) is 0 Å². The van der Waals surface area contributed by atoms with E-state index in [1.807, 2.05) is 6.08 Å². The molecule has 0 saturated heterocycles. The highest BCUT2D eigenvalue weighted by atomic mass is 16.1. The minimum absolute atomic E-state index is 0.397. The van der Waals surface area contributed by atoms with Crippen LogP contribution in [0.2, 0.25) is 0 Å². The van der Waals surface area contributed by atoms with Crippen molar-refractivity contribution in [2.24, 2.45) is 11.8 Å². The van der Waals surface area contributed by atoms with Gasteiger partial charge in [0.2, 0.25) is 0 Å². The number of allylic oxidation sites excluding steroid dienone is 2. The molecule has 1 fully saturated rings. The van der Waals surface area contributed by atoms with Gasteiger partial charge >= 0.3 is 0 Å². The number of fused-ring (bicyclic) bond motifs is 1. The summed E-state index contributed by atoms with van der Waals surface area (Å²) in [5.41, 5.74) is 0. The summed E-state index contributed by atoms with van der Waals surface area (Å²) in [6.45, 7) is 0. The third-order valence-corrected chi connectivity index (χ3v) is 4.52. The van der Waals surface area contributed by atoms with Gasteiger partial charge in [-0.1, -0.05) is 57.4 Å². The van der Waals surface area contributed by atoms with Crippen molar-refractivity contribution in [2.45, 2.75) is 77.0 Å². The van der Waals surface area contributed by atoms with Crippen molar-refractivity contribution in [3.63, 3.8) is 0 Å². The molecule has 0 aromatic carbocycles. The van der Waals surface area contributed by atoms with E-state index in [9.17, 15) is 4.79 Å². The summed E-state index contributed by atoms with van der Waals surface area (Å²) in [6, 6.07) is 0. The van der Waals surface area contributed by atoms with Crippen LogP contribution in [0.25, 0.3) is 0 Å². The molecule has 2 atom stereocenters. The van der Waals surface area contributed by atoms with Crippen molar-refractivity contribution in [3.8, 4) is 0 Å². The zero-order valence-electron chi connectivity index (χ0n) is 11.7. The van der Waals surface area contributed by atoms with Crippen LogP contribution in [0, 0.1) is 11.8 Å². The lowest BCUT2D eigenvalue weighted by molar-refractivity contribution is -0.116. The monoisotopic (exact) mass is 248 g/mol. The fraction of sp³-hybridized carbons (Fsp3) is 0.824. The Balaban J connectivity index is 1.73. The van der Waals surface area contributed by atoms with Gasteiger partial charge < -0.3 is 0 Å². The van der Waals surface area contributed by atoms with Crippen LogP contribution >= 0.6 is 0 Å². The first kappa shape index (κ1) is 13.8. The van der Waals surface area contributed by atoms with Gasteiger partial charge in [-0.05, 0) is 37.7 Å². The largest absolute Gasteiger partial charge is 0.295 e. The Labute approximate surface area is 112 Å². The molecule has 0 unspecified atom stereocenters. The molecule has 0 aromatic heterocycles. The first-order chi connectivity index (χ1) is 8.88. The zero-order valence-corrected chi connectivity index (χ0v) is 11.7. The van der Waals surface area contributed by atoms with Crippen molar-refractivity contribution < 1.29 is 4.79 Å². The minimum Gasteiger partial charge on any atom is -0.295 e. The Bertz CT molecular complexity index is 279. The van der Waals surface area contributed by atoms with Gasteiger partial charge in [-0.3, -0.25) is 4.79 Å². The second kappa shape index (κ2) is 7.76. The Morgan fingerprint density at radius 1 is 0.833 bits per heavy atom. The van der Waals surface area contributed by atoms with Crippen molar-refractivity contribution >= 4 is 5.78 Å². The lowest BCUT2D eigenvalue weighted by Gasteiger charge is -2.03. The third kappa shape index (κ3) is 4.96. The summed E-state index contributed by atoms with van der Waals surface area (Å²) in [5.74, 6) is 1.54. The Hall–Kier alpha value is -0.590. The fourth-order valence-electron chi connectivity index (χ4n) is 3.14. The second-order valence-corrected chi connectivity index (χ2v) is 6.17. The molecule has 0 bridgehead atoms. The van der Waals surface area contributed by atoms with Crippen LogP contribution in [-0.2, 0) is 4.79 Å². The van der Waals surface area contributed by atoms with Gasteiger partial charge in [-0.2, -0.15) is 0 Å². The fourth-order valence-corrected chi connectivity index (χ4v) is 3.14. The maximum atomic E-state index is 11.9. The Morgan fingerprint density at radius 2 is 1.44 bits per heavy atom. The lowest BCUT2D eigenvalue weighted by Crippen LogP contribution is -1.98. The molecule has 102 valence electrons. The van der Waals surface area contributed by atoms with Crippen molar-refractivity contribution in [1.82, 2.24) is 0 Å². The maximum Gasteiger partial charge on any atom is 0.158 e. The first-order valence-corrected chi connectivity index (χ1v) is 8.08. The average molecular weight is 248 g/mol. The van der Waals surface area contributed by atoms with E-state index >= 15 is 0 Å². The van der Waals surface area contributed by atoms with Crippen LogP contribution in [0.5, 0.6) is 0 Å². The topological polar surface area (TPSA) is 17.1 Å². The summed E-state index contributed by atoms with van der Waals surface area (Å²) in [4.78, 5) is 11.9. The van der Waals surface area contributed by atoms with E-state index < -0.39 is 0 Å². The number of hydrogen-bond acceptors (Lipinski definition) is 1. The van der Waals surface area contributed by atoms with Gasteiger partial charge in [-0.15, -0.1) is 0 Å². The molecule has 2 aliphatic rings. The van der Waals surface area contributed by atoms with Crippen molar-refractivity contribution in [3.05, 3.63) is 12.2 Å². The van der Waals surface area contributed by atoms with Crippen LogP contribution in [-0.4, -0.2) is 5.78 Å². The van der Waals surface area contributed by atoms with Gasteiger partial charge in [0.1, 0.15) is 0 Å². The Morgan fingerprint density at radius 3 is 2.17 bits per heavy atom. The summed E-state index contributed by atoms with van der Waals surface area (Å²) < 4.78 is 0. The number of rotatable bonds is 0. The zero-order chi connectivity index (χ0) is 12.6. The highest BCUT2D eigenvalue weighted by molar-refractivity contribution is 5.93. The van der Waals surface area contributed by atoms with Gasteiger partial charge in [0.25, 0.3) is 0 Å². The predicted molar refractivity (Wildman–Crippen MR) is 76.5 cm³/mol. The van der Waals surface area contributed by atoms with E-state index in [1.165, 1.54) is 70.6 Å². The molecular weight excluding hydrogens is 220 g/mol.